The third-order valence-corrected chi connectivity index (χ3v) is 5.60. The molecule has 0 saturated heterocycles. The van der Waals surface area contributed by atoms with Crippen LogP contribution in [0, 0.1) is 12.3 Å². The Bertz CT molecular complexity index is 454. The van der Waals surface area contributed by atoms with E-state index < -0.39 is 0 Å². The minimum Gasteiger partial charge on any atom is -0.469 e. The normalized spacial score (nSPS) is 17.6. The van der Waals surface area contributed by atoms with Crippen molar-refractivity contribution in [1.82, 2.24) is 0 Å². The molecule has 110 valence electrons. The lowest BCUT2D eigenvalue weighted by molar-refractivity contribution is -0.141. The number of rotatable bonds is 7. The summed E-state index contributed by atoms with van der Waals surface area (Å²) in [6, 6.07) is 8.55. The molecule has 1 saturated carbocycles. The van der Waals surface area contributed by atoms with Gasteiger partial charge >= 0.3 is 5.97 Å². The molecule has 20 heavy (non-hydrogen) atoms. The van der Waals surface area contributed by atoms with E-state index in [0.29, 0.717) is 18.2 Å². The minimum absolute atomic E-state index is 0.0947. The molecule has 3 nitrogen and oxygen atoms in total. The van der Waals surface area contributed by atoms with E-state index >= 15 is 0 Å². The summed E-state index contributed by atoms with van der Waals surface area (Å²) in [5.74, 6) is 0.889. The van der Waals surface area contributed by atoms with Crippen molar-refractivity contribution in [1.29, 1.82) is 0 Å². The highest BCUT2D eigenvalue weighted by Gasteiger charge is 2.44. The summed E-state index contributed by atoms with van der Waals surface area (Å²) >= 11 is 1.87. The number of nitrogens with two attached hydrogens (primary N) is 1. The molecule has 1 aromatic carbocycles. The zero-order valence-corrected chi connectivity index (χ0v) is 13.0. The van der Waals surface area contributed by atoms with Crippen molar-refractivity contribution < 1.29 is 9.53 Å². The summed E-state index contributed by atoms with van der Waals surface area (Å²) in [6.07, 6.45) is 2.79. The van der Waals surface area contributed by atoms with Gasteiger partial charge in [0.15, 0.2) is 0 Å². The van der Waals surface area contributed by atoms with Gasteiger partial charge in [-0.3, -0.25) is 4.79 Å². The number of carbonyl (C=O) groups excluding carboxylic acids is 1. The molecular formula is C16H23NO2S. The average molecular weight is 293 g/mol. The van der Waals surface area contributed by atoms with Gasteiger partial charge in [0.2, 0.25) is 0 Å². The van der Waals surface area contributed by atoms with Crippen LogP contribution in [-0.4, -0.2) is 25.4 Å². The zero-order chi connectivity index (χ0) is 14.6. The molecule has 0 aliphatic heterocycles. The Kier molecular flexibility index (Phi) is 5.11. The number of aryl methyl sites for hydroxylation is 1. The highest BCUT2D eigenvalue weighted by Crippen LogP contribution is 2.52. The molecule has 1 atom stereocenters. The van der Waals surface area contributed by atoms with Crippen LogP contribution in [0.1, 0.15) is 35.6 Å². The van der Waals surface area contributed by atoms with E-state index in [1.54, 1.807) is 0 Å². The first kappa shape index (κ1) is 15.4. The van der Waals surface area contributed by atoms with Crippen LogP contribution in [0.3, 0.4) is 0 Å². The molecule has 0 bridgehead atoms. The fraction of sp³-hybridized carbons (Fsp3) is 0.562. The highest BCUT2D eigenvalue weighted by atomic mass is 32.2. The maximum absolute atomic E-state index is 11.4. The van der Waals surface area contributed by atoms with Gasteiger partial charge in [0.1, 0.15) is 0 Å². The summed E-state index contributed by atoms with van der Waals surface area (Å²) in [5.41, 5.74) is 8.61. The number of hydrogen-bond acceptors (Lipinski definition) is 4. The van der Waals surface area contributed by atoms with E-state index in [9.17, 15) is 4.79 Å². The smallest absolute Gasteiger partial charge is 0.306 e. The maximum atomic E-state index is 11.4. The number of benzene rings is 1. The summed E-state index contributed by atoms with van der Waals surface area (Å²) in [5, 5.41) is 0.311. The van der Waals surface area contributed by atoms with E-state index in [-0.39, 0.29) is 11.4 Å². The van der Waals surface area contributed by atoms with Gasteiger partial charge < -0.3 is 10.5 Å². The van der Waals surface area contributed by atoms with Crippen LogP contribution in [-0.2, 0) is 9.53 Å². The number of esters is 1. The summed E-state index contributed by atoms with van der Waals surface area (Å²) in [7, 11) is 1.46. The Morgan fingerprint density at radius 2 is 2.05 bits per heavy atom. The van der Waals surface area contributed by atoms with Crippen LogP contribution < -0.4 is 5.73 Å². The highest BCUT2D eigenvalue weighted by molar-refractivity contribution is 7.99. The predicted molar refractivity (Wildman–Crippen MR) is 83.7 cm³/mol. The standard InChI is InChI=1S/C16H23NO2S/c1-12-3-5-13(6-4-12)14(10-17)20-11-16(7-8-16)9-15(18)19-2/h3-6,14H,7-11,17H2,1-2H3. The third kappa shape index (κ3) is 4.00. The molecular weight excluding hydrogens is 270 g/mol. The largest absolute Gasteiger partial charge is 0.469 e. The van der Waals surface area contributed by atoms with E-state index in [4.69, 9.17) is 10.5 Å². The quantitative estimate of drug-likeness (QED) is 0.785. The lowest BCUT2D eigenvalue weighted by atomic mass is 10.1. The van der Waals surface area contributed by atoms with Gasteiger partial charge in [0, 0.05) is 17.5 Å². The van der Waals surface area contributed by atoms with Crippen LogP contribution in [0.4, 0.5) is 0 Å². The van der Waals surface area contributed by atoms with Gasteiger partial charge in [-0.05, 0) is 30.7 Å². The molecule has 1 fully saturated rings. The topological polar surface area (TPSA) is 52.3 Å². The van der Waals surface area contributed by atoms with Gasteiger partial charge in [-0.2, -0.15) is 11.8 Å². The first-order chi connectivity index (χ1) is 9.58. The van der Waals surface area contributed by atoms with Gasteiger partial charge in [-0.25, -0.2) is 0 Å². The lowest BCUT2D eigenvalue weighted by Crippen LogP contribution is -2.16. The molecule has 1 aromatic rings. The summed E-state index contributed by atoms with van der Waals surface area (Å²) in [6.45, 7) is 2.71. The third-order valence-electron chi connectivity index (χ3n) is 3.96. The molecule has 1 aliphatic carbocycles. The zero-order valence-electron chi connectivity index (χ0n) is 12.2. The van der Waals surface area contributed by atoms with Crippen molar-refractivity contribution in [2.75, 3.05) is 19.4 Å². The van der Waals surface area contributed by atoms with Crippen molar-refractivity contribution in [2.24, 2.45) is 11.1 Å². The number of thioether (sulfide) groups is 1. The van der Waals surface area contributed by atoms with Gasteiger partial charge in [-0.1, -0.05) is 29.8 Å². The Hall–Kier alpha value is -1.00. The first-order valence-corrected chi connectivity index (χ1v) is 8.08. The Labute approximate surface area is 125 Å². The van der Waals surface area contributed by atoms with Crippen LogP contribution in [0.15, 0.2) is 24.3 Å². The molecule has 0 radical (unpaired) electrons. The number of ether oxygens (including phenoxy) is 1. The van der Waals surface area contributed by atoms with Crippen LogP contribution in [0.5, 0.6) is 0 Å². The fourth-order valence-corrected chi connectivity index (χ4v) is 3.72. The second kappa shape index (κ2) is 6.64. The van der Waals surface area contributed by atoms with Gasteiger partial charge in [0.25, 0.3) is 0 Å². The molecule has 4 heteroatoms. The number of carbonyl (C=O) groups is 1. The van der Waals surface area contributed by atoms with E-state index in [0.717, 1.165) is 18.6 Å². The second-order valence-electron chi connectivity index (χ2n) is 5.70. The van der Waals surface area contributed by atoms with Crippen molar-refractivity contribution in [3.8, 4) is 0 Å². The monoisotopic (exact) mass is 293 g/mol. The van der Waals surface area contributed by atoms with E-state index in [2.05, 4.69) is 31.2 Å². The van der Waals surface area contributed by atoms with Crippen molar-refractivity contribution in [3.05, 3.63) is 35.4 Å². The second-order valence-corrected chi connectivity index (χ2v) is 6.89. The fourth-order valence-electron chi connectivity index (χ4n) is 2.29. The molecule has 2 rings (SSSR count). The molecule has 1 unspecified atom stereocenters. The maximum Gasteiger partial charge on any atom is 0.306 e. The van der Waals surface area contributed by atoms with Gasteiger partial charge in [-0.15, -0.1) is 0 Å². The van der Waals surface area contributed by atoms with E-state index in [1.165, 1.54) is 18.2 Å². The van der Waals surface area contributed by atoms with Crippen LogP contribution in [0.25, 0.3) is 0 Å². The molecule has 0 aromatic heterocycles. The number of hydrogen-bond donors (Lipinski definition) is 1. The first-order valence-electron chi connectivity index (χ1n) is 7.04. The van der Waals surface area contributed by atoms with Crippen molar-refractivity contribution >= 4 is 17.7 Å². The molecule has 0 amide bonds. The van der Waals surface area contributed by atoms with E-state index in [1.807, 2.05) is 11.8 Å². The lowest BCUT2D eigenvalue weighted by Gasteiger charge is -2.19. The number of methoxy groups -OCH3 is 1. The molecule has 1 aliphatic rings. The SMILES string of the molecule is COC(=O)CC1(CSC(CN)c2ccc(C)cc2)CC1. The Morgan fingerprint density at radius 3 is 2.55 bits per heavy atom. The Morgan fingerprint density at radius 1 is 1.40 bits per heavy atom. The average Bonchev–Trinajstić information content (AvgIpc) is 3.21. The Balaban J connectivity index is 1.91. The molecule has 0 spiro atoms. The molecule has 2 N–H and O–H groups in total. The molecule has 0 heterocycles. The summed E-state index contributed by atoms with van der Waals surface area (Å²) < 4.78 is 4.78. The summed E-state index contributed by atoms with van der Waals surface area (Å²) in [4.78, 5) is 11.4. The van der Waals surface area contributed by atoms with Crippen LogP contribution in [0.2, 0.25) is 0 Å². The minimum atomic E-state index is -0.0947. The van der Waals surface area contributed by atoms with Gasteiger partial charge in [0.05, 0.1) is 13.5 Å². The van der Waals surface area contributed by atoms with Crippen molar-refractivity contribution in [3.63, 3.8) is 0 Å². The predicted octanol–water partition coefficient (Wildman–Crippen LogP) is 3.07. The van der Waals surface area contributed by atoms with Crippen molar-refractivity contribution in [2.45, 2.75) is 31.4 Å². The van der Waals surface area contributed by atoms with Crippen LogP contribution >= 0.6 is 11.8 Å².